The number of carbonyl (C=O) groups is 1. The van der Waals surface area contributed by atoms with Crippen molar-refractivity contribution in [3.8, 4) is 6.07 Å². The molecule has 1 rings (SSSR count). The van der Waals surface area contributed by atoms with E-state index >= 15 is 0 Å². The summed E-state index contributed by atoms with van der Waals surface area (Å²) in [4.78, 5) is 13.5. The van der Waals surface area contributed by atoms with Crippen molar-refractivity contribution in [1.29, 1.82) is 5.26 Å². The number of pyridine rings is 1. The highest BCUT2D eigenvalue weighted by Gasteiger charge is 2.14. The summed E-state index contributed by atoms with van der Waals surface area (Å²) in [6.45, 7) is 0. The molecule has 0 aliphatic rings. The number of nitriles is 1. The van der Waals surface area contributed by atoms with Crippen molar-refractivity contribution in [3.63, 3.8) is 0 Å². The van der Waals surface area contributed by atoms with Gasteiger partial charge in [-0.15, -0.1) is 0 Å². The Kier molecular flexibility index (Phi) is 2.01. The zero-order valence-electron chi connectivity index (χ0n) is 5.78. The first kappa shape index (κ1) is 8.14. The second-order valence-corrected chi connectivity index (χ2v) is 1.94. The van der Waals surface area contributed by atoms with Crippen molar-refractivity contribution >= 4 is 5.97 Å². The molecule has 0 radical (unpaired) electrons. The van der Waals surface area contributed by atoms with Crippen molar-refractivity contribution in [2.45, 2.75) is 0 Å². The molecule has 0 spiro atoms. The second kappa shape index (κ2) is 2.96. The van der Waals surface area contributed by atoms with Crippen molar-refractivity contribution in [2.24, 2.45) is 0 Å². The summed E-state index contributed by atoms with van der Waals surface area (Å²) in [5.74, 6) is -2.57. The van der Waals surface area contributed by atoms with Gasteiger partial charge in [-0.3, -0.25) is 0 Å². The molecule has 0 unspecified atom stereocenters. The van der Waals surface area contributed by atoms with E-state index in [9.17, 15) is 9.18 Å². The van der Waals surface area contributed by atoms with Crippen LogP contribution in [0.15, 0.2) is 12.3 Å². The minimum absolute atomic E-state index is 0.317. The van der Waals surface area contributed by atoms with Gasteiger partial charge < -0.3 is 5.11 Å². The van der Waals surface area contributed by atoms with E-state index in [4.69, 9.17) is 10.4 Å². The highest BCUT2D eigenvalue weighted by molar-refractivity contribution is 5.86. The molecule has 60 valence electrons. The fourth-order valence-corrected chi connectivity index (χ4v) is 0.679. The fraction of sp³-hybridized carbons (Fsp3) is 0. The standard InChI is InChI=1S/C7H3FN2O2/c8-5-4(3-9)1-2-10-6(5)7(11)12/h1-2H,(H,11,12). The van der Waals surface area contributed by atoms with Crippen LogP contribution in [-0.4, -0.2) is 16.1 Å². The van der Waals surface area contributed by atoms with Crippen molar-refractivity contribution in [1.82, 2.24) is 4.98 Å². The number of carboxylic acid groups (broad SMARTS) is 1. The lowest BCUT2D eigenvalue weighted by molar-refractivity contribution is 0.0685. The molecule has 0 saturated carbocycles. The van der Waals surface area contributed by atoms with Crippen LogP contribution in [0.25, 0.3) is 0 Å². The van der Waals surface area contributed by atoms with Crippen LogP contribution in [-0.2, 0) is 0 Å². The summed E-state index contributed by atoms with van der Waals surface area (Å²) >= 11 is 0. The molecule has 5 heteroatoms. The molecule has 0 bridgehead atoms. The monoisotopic (exact) mass is 166 g/mol. The summed E-state index contributed by atoms with van der Waals surface area (Å²) in [5.41, 5.74) is -1.04. The lowest BCUT2D eigenvalue weighted by Crippen LogP contribution is -2.05. The third kappa shape index (κ3) is 1.22. The number of hydrogen-bond donors (Lipinski definition) is 1. The summed E-state index contributed by atoms with van der Waals surface area (Å²) in [7, 11) is 0. The summed E-state index contributed by atoms with van der Waals surface area (Å²) in [6.07, 6.45) is 1.07. The van der Waals surface area contributed by atoms with Gasteiger partial charge in [0.05, 0.1) is 5.56 Å². The first-order chi connectivity index (χ1) is 5.66. The molecule has 0 atom stereocenters. The minimum atomic E-state index is -1.48. The van der Waals surface area contributed by atoms with Gasteiger partial charge in [0.1, 0.15) is 6.07 Å². The van der Waals surface area contributed by atoms with Crippen LogP contribution in [0.3, 0.4) is 0 Å². The molecule has 0 saturated heterocycles. The summed E-state index contributed by atoms with van der Waals surface area (Å²) in [5, 5.41) is 16.7. The lowest BCUT2D eigenvalue weighted by Gasteiger charge is -1.95. The van der Waals surface area contributed by atoms with Crippen LogP contribution in [0.4, 0.5) is 4.39 Å². The number of aromatic nitrogens is 1. The summed E-state index contributed by atoms with van der Waals surface area (Å²) < 4.78 is 12.9. The van der Waals surface area contributed by atoms with Gasteiger partial charge in [0.2, 0.25) is 0 Å². The molecule has 0 fully saturated rings. The zero-order valence-corrected chi connectivity index (χ0v) is 5.78. The predicted molar refractivity (Wildman–Crippen MR) is 35.9 cm³/mol. The van der Waals surface area contributed by atoms with Crippen LogP contribution in [0.2, 0.25) is 0 Å². The van der Waals surface area contributed by atoms with E-state index in [0.717, 1.165) is 12.3 Å². The lowest BCUT2D eigenvalue weighted by atomic mass is 10.2. The largest absolute Gasteiger partial charge is 0.476 e. The Balaban J connectivity index is 3.35. The SMILES string of the molecule is N#Cc1ccnc(C(=O)O)c1F. The van der Waals surface area contributed by atoms with E-state index in [1.54, 1.807) is 0 Å². The maximum absolute atomic E-state index is 12.9. The molecule has 0 aliphatic heterocycles. The Bertz CT molecular complexity index is 370. The average molecular weight is 166 g/mol. The molecule has 0 amide bonds. The van der Waals surface area contributed by atoms with E-state index < -0.39 is 17.5 Å². The Morgan fingerprint density at radius 3 is 2.92 bits per heavy atom. The topological polar surface area (TPSA) is 74.0 Å². The fourth-order valence-electron chi connectivity index (χ4n) is 0.679. The van der Waals surface area contributed by atoms with Gasteiger partial charge in [-0.25, -0.2) is 14.2 Å². The van der Waals surface area contributed by atoms with Gasteiger partial charge in [0.25, 0.3) is 0 Å². The molecule has 4 nitrogen and oxygen atoms in total. The maximum atomic E-state index is 12.9. The molecule has 0 aliphatic carbocycles. The van der Waals surface area contributed by atoms with E-state index in [2.05, 4.69) is 4.98 Å². The minimum Gasteiger partial charge on any atom is -0.476 e. The van der Waals surface area contributed by atoms with Crippen LogP contribution in [0, 0.1) is 17.1 Å². The van der Waals surface area contributed by atoms with E-state index in [1.165, 1.54) is 6.07 Å². The number of hydrogen-bond acceptors (Lipinski definition) is 3. The van der Waals surface area contributed by atoms with Crippen molar-refractivity contribution < 1.29 is 14.3 Å². The van der Waals surface area contributed by atoms with Crippen molar-refractivity contribution in [3.05, 3.63) is 29.3 Å². The Labute approximate surface area is 66.9 Å². The molecule has 0 aromatic carbocycles. The molecule has 1 heterocycles. The third-order valence-corrected chi connectivity index (χ3v) is 1.21. The van der Waals surface area contributed by atoms with Gasteiger partial charge in [-0.2, -0.15) is 5.26 Å². The molecular formula is C7H3FN2O2. The number of halogens is 1. The highest BCUT2D eigenvalue weighted by Crippen LogP contribution is 2.08. The van der Waals surface area contributed by atoms with Crippen LogP contribution >= 0.6 is 0 Å². The Morgan fingerprint density at radius 1 is 1.75 bits per heavy atom. The normalized spacial score (nSPS) is 9.00. The van der Waals surface area contributed by atoms with Gasteiger partial charge in [0, 0.05) is 6.20 Å². The van der Waals surface area contributed by atoms with E-state index in [0.29, 0.717) is 0 Å². The van der Waals surface area contributed by atoms with Crippen molar-refractivity contribution in [2.75, 3.05) is 0 Å². The van der Waals surface area contributed by atoms with Crippen LogP contribution in [0.1, 0.15) is 16.1 Å². The third-order valence-electron chi connectivity index (χ3n) is 1.21. The smallest absolute Gasteiger partial charge is 0.357 e. The van der Waals surface area contributed by atoms with E-state index in [1.807, 2.05) is 0 Å². The molecule has 1 aromatic heterocycles. The number of aromatic carboxylic acids is 1. The highest BCUT2D eigenvalue weighted by atomic mass is 19.1. The van der Waals surface area contributed by atoms with Gasteiger partial charge in [0.15, 0.2) is 11.5 Å². The average Bonchev–Trinajstić information content (AvgIpc) is 2.04. The number of nitrogens with zero attached hydrogens (tertiary/aromatic N) is 2. The predicted octanol–water partition coefficient (Wildman–Crippen LogP) is 0.791. The maximum Gasteiger partial charge on any atom is 0.357 e. The Morgan fingerprint density at radius 2 is 2.42 bits per heavy atom. The molecule has 12 heavy (non-hydrogen) atoms. The van der Waals surface area contributed by atoms with Crippen LogP contribution in [0.5, 0.6) is 0 Å². The second-order valence-electron chi connectivity index (χ2n) is 1.94. The quantitative estimate of drug-likeness (QED) is 0.669. The molecule has 1 N–H and O–H groups in total. The van der Waals surface area contributed by atoms with Gasteiger partial charge in [-0.1, -0.05) is 0 Å². The Hall–Kier alpha value is -1.96. The number of rotatable bonds is 1. The first-order valence-corrected chi connectivity index (χ1v) is 2.94. The van der Waals surface area contributed by atoms with Crippen LogP contribution < -0.4 is 0 Å². The van der Waals surface area contributed by atoms with E-state index in [-0.39, 0.29) is 5.56 Å². The summed E-state index contributed by atoms with van der Waals surface area (Å²) in [6, 6.07) is 2.63. The molecule has 1 aromatic rings. The number of carboxylic acids is 1. The molecular weight excluding hydrogens is 163 g/mol. The first-order valence-electron chi connectivity index (χ1n) is 2.94. The van der Waals surface area contributed by atoms with Gasteiger partial charge >= 0.3 is 5.97 Å². The van der Waals surface area contributed by atoms with Gasteiger partial charge in [-0.05, 0) is 6.07 Å². The zero-order chi connectivity index (χ0) is 9.14.